The lowest BCUT2D eigenvalue weighted by Gasteiger charge is -2.07. The SMILES string of the molecule is N#Cc1cccc(CNc2ncnc(Cl)c2Br)c1. The quantitative estimate of drug-likeness (QED) is 0.880. The highest BCUT2D eigenvalue weighted by atomic mass is 79.9. The number of nitriles is 1. The third-order valence-electron chi connectivity index (χ3n) is 2.26. The lowest BCUT2D eigenvalue weighted by Crippen LogP contribution is -2.03. The van der Waals surface area contributed by atoms with Gasteiger partial charge in [-0.3, -0.25) is 0 Å². The van der Waals surface area contributed by atoms with E-state index in [0.717, 1.165) is 5.56 Å². The third-order valence-corrected chi connectivity index (χ3v) is 3.53. The Morgan fingerprint density at radius 2 is 2.22 bits per heavy atom. The maximum Gasteiger partial charge on any atom is 0.148 e. The molecule has 4 nitrogen and oxygen atoms in total. The molecule has 1 N–H and O–H groups in total. The molecule has 0 bridgehead atoms. The first-order chi connectivity index (χ1) is 8.70. The minimum Gasteiger partial charge on any atom is -0.365 e. The molecule has 1 aromatic heterocycles. The van der Waals surface area contributed by atoms with E-state index in [4.69, 9.17) is 16.9 Å². The van der Waals surface area contributed by atoms with Crippen LogP contribution in [-0.4, -0.2) is 9.97 Å². The van der Waals surface area contributed by atoms with E-state index in [1.54, 1.807) is 6.07 Å². The van der Waals surface area contributed by atoms with Crippen molar-refractivity contribution in [1.82, 2.24) is 9.97 Å². The maximum absolute atomic E-state index is 8.81. The number of rotatable bonds is 3. The van der Waals surface area contributed by atoms with Crippen LogP contribution >= 0.6 is 27.5 Å². The van der Waals surface area contributed by atoms with Gasteiger partial charge in [-0.1, -0.05) is 23.7 Å². The highest BCUT2D eigenvalue weighted by Gasteiger charge is 2.06. The van der Waals surface area contributed by atoms with Gasteiger partial charge in [0, 0.05) is 6.54 Å². The molecule has 90 valence electrons. The molecule has 0 radical (unpaired) electrons. The minimum absolute atomic E-state index is 0.360. The standard InChI is InChI=1S/C12H8BrClN4/c13-10-11(14)17-7-18-12(10)16-6-9-3-1-2-8(4-9)5-15/h1-4,7H,6H2,(H,16,17,18). The second-order valence-electron chi connectivity index (χ2n) is 3.49. The Morgan fingerprint density at radius 3 is 3.00 bits per heavy atom. The fourth-order valence-corrected chi connectivity index (χ4v) is 1.89. The summed E-state index contributed by atoms with van der Waals surface area (Å²) in [6.07, 6.45) is 1.39. The number of benzene rings is 1. The molecule has 0 aliphatic heterocycles. The Morgan fingerprint density at radius 1 is 1.39 bits per heavy atom. The third kappa shape index (κ3) is 2.97. The van der Waals surface area contributed by atoms with Crippen LogP contribution < -0.4 is 5.32 Å². The summed E-state index contributed by atoms with van der Waals surface area (Å²) in [6, 6.07) is 9.47. The zero-order valence-corrected chi connectivity index (χ0v) is 11.5. The van der Waals surface area contributed by atoms with Gasteiger partial charge < -0.3 is 5.32 Å². The van der Waals surface area contributed by atoms with Gasteiger partial charge in [0.2, 0.25) is 0 Å². The topological polar surface area (TPSA) is 61.6 Å². The van der Waals surface area contributed by atoms with E-state index in [-0.39, 0.29) is 0 Å². The van der Waals surface area contributed by atoms with Gasteiger partial charge in [-0.2, -0.15) is 5.26 Å². The summed E-state index contributed by atoms with van der Waals surface area (Å²) < 4.78 is 0.628. The Balaban J connectivity index is 2.12. The van der Waals surface area contributed by atoms with Crippen LogP contribution in [0.5, 0.6) is 0 Å². The molecular weight excluding hydrogens is 316 g/mol. The van der Waals surface area contributed by atoms with Crippen LogP contribution in [0, 0.1) is 11.3 Å². The van der Waals surface area contributed by atoms with Crippen molar-refractivity contribution >= 4 is 33.3 Å². The van der Waals surface area contributed by atoms with Gasteiger partial charge in [0.15, 0.2) is 0 Å². The Hall–Kier alpha value is -1.64. The van der Waals surface area contributed by atoms with E-state index in [0.29, 0.717) is 27.6 Å². The first-order valence-corrected chi connectivity index (χ1v) is 6.26. The summed E-state index contributed by atoms with van der Waals surface area (Å²) in [5.41, 5.74) is 1.63. The lowest BCUT2D eigenvalue weighted by molar-refractivity contribution is 1.07. The fraction of sp³-hybridized carbons (Fsp3) is 0.0833. The Labute approximate surface area is 118 Å². The second-order valence-corrected chi connectivity index (χ2v) is 4.64. The number of hydrogen-bond acceptors (Lipinski definition) is 4. The normalized spacial score (nSPS) is 9.83. The Kier molecular flexibility index (Phi) is 4.13. The largest absolute Gasteiger partial charge is 0.365 e. The van der Waals surface area contributed by atoms with Crippen LogP contribution in [0.2, 0.25) is 5.15 Å². The molecule has 1 aromatic carbocycles. The van der Waals surface area contributed by atoms with Crippen molar-refractivity contribution in [1.29, 1.82) is 5.26 Å². The second kappa shape index (κ2) is 5.80. The van der Waals surface area contributed by atoms with E-state index in [1.807, 2.05) is 18.2 Å². The van der Waals surface area contributed by atoms with Crippen molar-refractivity contribution in [3.63, 3.8) is 0 Å². The number of nitrogens with zero attached hydrogens (tertiary/aromatic N) is 3. The average molecular weight is 324 g/mol. The zero-order valence-electron chi connectivity index (χ0n) is 9.19. The van der Waals surface area contributed by atoms with Gasteiger partial charge in [-0.05, 0) is 33.6 Å². The van der Waals surface area contributed by atoms with E-state index in [1.165, 1.54) is 6.33 Å². The molecule has 0 atom stereocenters. The van der Waals surface area contributed by atoms with Crippen molar-refractivity contribution in [3.05, 3.63) is 51.3 Å². The molecule has 6 heteroatoms. The molecule has 0 saturated carbocycles. The molecule has 1 heterocycles. The molecular formula is C12H8BrClN4. The first-order valence-electron chi connectivity index (χ1n) is 5.09. The van der Waals surface area contributed by atoms with Crippen molar-refractivity contribution in [2.75, 3.05) is 5.32 Å². The zero-order chi connectivity index (χ0) is 13.0. The van der Waals surface area contributed by atoms with Crippen molar-refractivity contribution < 1.29 is 0 Å². The van der Waals surface area contributed by atoms with E-state index < -0.39 is 0 Å². The number of aromatic nitrogens is 2. The van der Waals surface area contributed by atoms with Gasteiger partial charge in [0.05, 0.1) is 16.1 Å². The fourth-order valence-electron chi connectivity index (χ4n) is 1.41. The lowest BCUT2D eigenvalue weighted by atomic mass is 10.1. The van der Waals surface area contributed by atoms with Crippen molar-refractivity contribution in [2.24, 2.45) is 0 Å². The van der Waals surface area contributed by atoms with Crippen molar-refractivity contribution in [3.8, 4) is 6.07 Å². The monoisotopic (exact) mass is 322 g/mol. The molecule has 0 aliphatic rings. The maximum atomic E-state index is 8.81. The molecule has 0 saturated heterocycles. The molecule has 0 unspecified atom stereocenters. The number of anilines is 1. The minimum atomic E-state index is 0.360. The summed E-state index contributed by atoms with van der Waals surface area (Å²) in [6.45, 7) is 0.557. The summed E-state index contributed by atoms with van der Waals surface area (Å²) >= 11 is 9.17. The summed E-state index contributed by atoms with van der Waals surface area (Å²) in [4.78, 5) is 7.92. The molecule has 0 aliphatic carbocycles. The van der Waals surface area contributed by atoms with Crippen LogP contribution in [0.4, 0.5) is 5.82 Å². The van der Waals surface area contributed by atoms with Gasteiger partial charge in [0.25, 0.3) is 0 Å². The van der Waals surface area contributed by atoms with E-state index >= 15 is 0 Å². The number of hydrogen-bond donors (Lipinski definition) is 1. The van der Waals surface area contributed by atoms with Crippen LogP contribution in [0.25, 0.3) is 0 Å². The van der Waals surface area contributed by atoms with Crippen LogP contribution in [-0.2, 0) is 6.54 Å². The predicted molar refractivity (Wildman–Crippen MR) is 73.2 cm³/mol. The van der Waals surface area contributed by atoms with Crippen LogP contribution in [0.1, 0.15) is 11.1 Å². The van der Waals surface area contributed by atoms with Gasteiger partial charge in [-0.15, -0.1) is 0 Å². The number of halogens is 2. The summed E-state index contributed by atoms with van der Waals surface area (Å²) in [7, 11) is 0. The molecule has 0 fully saturated rings. The first kappa shape index (κ1) is 12.8. The van der Waals surface area contributed by atoms with Crippen LogP contribution in [0.3, 0.4) is 0 Å². The molecule has 18 heavy (non-hydrogen) atoms. The molecule has 0 spiro atoms. The molecule has 0 amide bonds. The van der Waals surface area contributed by atoms with Gasteiger partial charge in [-0.25, -0.2) is 9.97 Å². The average Bonchev–Trinajstić information content (AvgIpc) is 2.41. The number of nitrogens with one attached hydrogen (secondary N) is 1. The van der Waals surface area contributed by atoms with E-state index in [2.05, 4.69) is 37.3 Å². The van der Waals surface area contributed by atoms with Gasteiger partial charge in [0.1, 0.15) is 17.3 Å². The molecule has 2 rings (SSSR count). The predicted octanol–water partition coefficient (Wildman–Crippen LogP) is 3.38. The highest BCUT2D eigenvalue weighted by Crippen LogP contribution is 2.26. The van der Waals surface area contributed by atoms with E-state index in [9.17, 15) is 0 Å². The Bertz CT molecular complexity index is 609. The molecule has 2 aromatic rings. The highest BCUT2D eigenvalue weighted by molar-refractivity contribution is 9.10. The summed E-state index contributed by atoms with van der Waals surface area (Å²) in [5.74, 6) is 0.623. The summed E-state index contributed by atoms with van der Waals surface area (Å²) in [5, 5.41) is 12.3. The van der Waals surface area contributed by atoms with Crippen molar-refractivity contribution in [2.45, 2.75) is 6.54 Å². The van der Waals surface area contributed by atoms with Gasteiger partial charge >= 0.3 is 0 Å². The smallest absolute Gasteiger partial charge is 0.148 e. The van der Waals surface area contributed by atoms with Crippen LogP contribution in [0.15, 0.2) is 35.1 Å².